The first-order valence-corrected chi connectivity index (χ1v) is 9.00. The molecular weight excluding hydrogens is 366 g/mol. The van der Waals surface area contributed by atoms with Crippen molar-refractivity contribution in [3.05, 3.63) is 45.1 Å². The summed E-state index contributed by atoms with van der Waals surface area (Å²) in [6, 6.07) is 7.45. The fraction of sp³-hybridized carbons (Fsp3) is 0.333. The summed E-state index contributed by atoms with van der Waals surface area (Å²) in [4.78, 5) is 26.7. The second kappa shape index (κ2) is 7.09. The number of hydrogen-bond donors (Lipinski definition) is 1. The zero-order chi connectivity index (χ0) is 19.0. The Labute approximate surface area is 160 Å². The molecule has 2 aromatic heterocycles. The van der Waals surface area contributed by atoms with E-state index in [9.17, 15) is 4.79 Å². The van der Waals surface area contributed by atoms with E-state index >= 15 is 0 Å². The molecule has 1 aliphatic heterocycles. The number of ether oxygens (including phenoxy) is 2. The van der Waals surface area contributed by atoms with Crippen molar-refractivity contribution >= 4 is 29.2 Å². The number of hydrogen-bond acceptors (Lipinski definition) is 7. The van der Waals surface area contributed by atoms with Crippen molar-refractivity contribution < 1.29 is 9.47 Å². The SMILES string of the molecule is COc1cccc(-n2c(C)nc3nc(N4CCOCC4)[nH]c(=O)c3c2=S)c1. The highest BCUT2D eigenvalue weighted by Gasteiger charge is 2.18. The summed E-state index contributed by atoms with van der Waals surface area (Å²) in [5, 5.41) is 0.301. The third kappa shape index (κ3) is 3.19. The minimum Gasteiger partial charge on any atom is -0.497 e. The van der Waals surface area contributed by atoms with Crippen LogP contribution in [0.15, 0.2) is 29.1 Å². The van der Waals surface area contributed by atoms with E-state index in [4.69, 9.17) is 21.7 Å². The van der Waals surface area contributed by atoms with Gasteiger partial charge < -0.3 is 14.4 Å². The number of anilines is 1. The van der Waals surface area contributed by atoms with E-state index in [1.165, 1.54) is 0 Å². The van der Waals surface area contributed by atoms with Crippen LogP contribution in [0.3, 0.4) is 0 Å². The molecule has 3 aromatic rings. The molecule has 1 aromatic carbocycles. The van der Waals surface area contributed by atoms with Gasteiger partial charge in [0, 0.05) is 19.2 Å². The molecule has 0 amide bonds. The lowest BCUT2D eigenvalue weighted by molar-refractivity contribution is 0.122. The predicted molar refractivity (Wildman–Crippen MR) is 105 cm³/mol. The second-order valence-corrected chi connectivity index (χ2v) is 6.58. The van der Waals surface area contributed by atoms with Crippen molar-refractivity contribution in [1.29, 1.82) is 0 Å². The number of morpholine rings is 1. The van der Waals surface area contributed by atoms with E-state index in [-0.39, 0.29) is 5.56 Å². The van der Waals surface area contributed by atoms with Gasteiger partial charge in [-0.15, -0.1) is 0 Å². The van der Waals surface area contributed by atoms with Crippen LogP contribution < -0.4 is 15.2 Å². The van der Waals surface area contributed by atoms with Gasteiger partial charge in [-0.3, -0.25) is 14.3 Å². The number of nitrogens with zero attached hydrogens (tertiary/aromatic N) is 4. The van der Waals surface area contributed by atoms with Crippen molar-refractivity contribution in [2.75, 3.05) is 38.3 Å². The lowest BCUT2D eigenvalue weighted by atomic mass is 10.2. The lowest BCUT2D eigenvalue weighted by Crippen LogP contribution is -2.38. The number of aromatic amines is 1. The molecule has 1 N–H and O–H groups in total. The molecule has 1 aliphatic rings. The van der Waals surface area contributed by atoms with Gasteiger partial charge in [0.1, 0.15) is 21.6 Å². The molecule has 1 saturated heterocycles. The number of aryl methyl sites for hydroxylation is 1. The van der Waals surface area contributed by atoms with Crippen LogP contribution in [0, 0.1) is 11.6 Å². The Hall–Kier alpha value is -2.78. The normalized spacial score (nSPS) is 14.5. The van der Waals surface area contributed by atoms with Gasteiger partial charge in [0.25, 0.3) is 5.56 Å². The number of H-pyrrole nitrogens is 1. The fourth-order valence-corrected chi connectivity index (χ4v) is 3.59. The zero-order valence-electron chi connectivity index (χ0n) is 15.1. The maximum Gasteiger partial charge on any atom is 0.264 e. The number of aromatic nitrogens is 4. The van der Waals surface area contributed by atoms with Gasteiger partial charge in [-0.1, -0.05) is 18.3 Å². The number of rotatable bonds is 3. The molecule has 27 heavy (non-hydrogen) atoms. The number of nitrogens with one attached hydrogen (secondary N) is 1. The van der Waals surface area contributed by atoms with Crippen LogP contribution in [-0.4, -0.2) is 52.9 Å². The van der Waals surface area contributed by atoms with Crippen molar-refractivity contribution in [3.63, 3.8) is 0 Å². The Morgan fingerprint density at radius 1 is 1.26 bits per heavy atom. The summed E-state index contributed by atoms with van der Waals surface area (Å²) in [5.41, 5.74) is 0.834. The van der Waals surface area contributed by atoms with Gasteiger partial charge in [-0.2, -0.15) is 4.98 Å². The first kappa shape index (κ1) is 17.6. The monoisotopic (exact) mass is 385 g/mol. The fourth-order valence-electron chi connectivity index (χ4n) is 3.16. The van der Waals surface area contributed by atoms with Crippen LogP contribution >= 0.6 is 12.2 Å². The second-order valence-electron chi connectivity index (χ2n) is 6.19. The van der Waals surface area contributed by atoms with Crippen molar-refractivity contribution in [3.8, 4) is 11.4 Å². The van der Waals surface area contributed by atoms with Gasteiger partial charge in [-0.25, -0.2) is 4.98 Å². The molecule has 0 atom stereocenters. The van der Waals surface area contributed by atoms with Crippen LogP contribution in [-0.2, 0) is 4.74 Å². The molecule has 3 heterocycles. The molecule has 0 bridgehead atoms. The Morgan fingerprint density at radius 3 is 2.78 bits per heavy atom. The van der Waals surface area contributed by atoms with E-state index in [0.717, 1.165) is 5.69 Å². The van der Waals surface area contributed by atoms with Gasteiger partial charge in [0.05, 0.1) is 26.0 Å². The van der Waals surface area contributed by atoms with Gasteiger partial charge >= 0.3 is 0 Å². The molecular formula is C18H19N5O3S. The Balaban J connectivity index is 1.90. The summed E-state index contributed by atoms with van der Waals surface area (Å²) in [6.45, 7) is 4.39. The summed E-state index contributed by atoms with van der Waals surface area (Å²) in [6.07, 6.45) is 0. The maximum absolute atomic E-state index is 12.8. The van der Waals surface area contributed by atoms with Crippen molar-refractivity contribution in [1.82, 2.24) is 19.5 Å². The average Bonchev–Trinajstić information content (AvgIpc) is 2.68. The molecule has 140 valence electrons. The largest absolute Gasteiger partial charge is 0.497 e. The zero-order valence-corrected chi connectivity index (χ0v) is 15.9. The Bertz CT molecular complexity index is 1120. The van der Waals surface area contributed by atoms with Crippen molar-refractivity contribution in [2.24, 2.45) is 0 Å². The molecule has 8 nitrogen and oxygen atoms in total. The smallest absolute Gasteiger partial charge is 0.264 e. The highest BCUT2D eigenvalue weighted by Crippen LogP contribution is 2.21. The summed E-state index contributed by atoms with van der Waals surface area (Å²) in [5.74, 6) is 1.84. The highest BCUT2D eigenvalue weighted by molar-refractivity contribution is 7.71. The topological polar surface area (TPSA) is 85.3 Å². The summed E-state index contributed by atoms with van der Waals surface area (Å²) in [7, 11) is 1.60. The lowest BCUT2D eigenvalue weighted by Gasteiger charge is -2.27. The first-order valence-electron chi connectivity index (χ1n) is 8.59. The van der Waals surface area contributed by atoms with E-state index in [2.05, 4.69) is 15.0 Å². The summed E-state index contributed by atoms with van der Waals surface area (Å²) < 4.78 is 12.8. The predicted octanol–water partition coefficient (Wildman–Crippen LogP) is 1.99. The van der Waals surface area contributed by atoms with Crippen LogP contribution in [0.25, 0.3) is 16.7 Å². The molecule has 0 spiro atoms. The molecule has 0 unspecified atom stereocenters. The minimum absolute atomic E-state index is 0.296. The molecule has 1 fully saturated rings. The number of benzene rings is 1. The average molecular weight is 385 g/mol. The highest BCUT2D eigenvalue weighted by atomic mass is 32.1. The van der Waals surface area contributed by atoms with Crippen LogP contribution in [0.5, 0.6) is 5.75 Å². The van der Waals surface area contributed by atoms with Crippen molar-refractivity contribution in [2.45, 2.75) is 6.92 Å². The van der Waals surface area contributed by atoms with E-state index in [1.807, 2.05) is 36.1 Å². The van der Waals surface area contributed by atoms with E-state index in [1.54, 1.807) is 11.7 Å². The maximum atomic E-state index is 12.8. The molecule has 0 radical (unpaired) electrons. The van der Waals surface area contributed by atoms with E-state index in [0.29, 0.717) is 59.5 Å². The van der Waals surface area contributed by atoms with Gasteiger partial charge in [-0.05, 0) is 19.1 Å². The van der Waals surface area contributed by atoms with E-state index < -0.39 is 0 Å². The third-order valence-electron chi connectivity index (χ3n) is 4.52. The summed E-state index contributed by atoms with van der Waals surface area (Å²) >= 11 is 5.62. The molecule has 0 aliphatic carbocycles. The van der Waals surface area contributed by atoms with Crippen LogP contribution in [0.4, 0.5) is 5.95 Å². The Morgan fingerprint density at radius 2 is 2.04 bits per heavy atom. The minimum atomic E-state index is -0.296. The molecule has 9 heteroatoms. The van der Waals surface area contributed by atoms with Gasteiger partial charge in [0.2, 0.25) is 5.95 Å². The Kier molecular flexibility index (Phi) is 4.63. The number of methoxy groups -OCH3 is 1. The van der Waals surface area contributed by atoms with Crippen LogP contribution in [0.1, 0.15) is 5.82 Å². The quantitative estimate of drug-likeness (QED) is 0.690. The van der Waals surface area contributed by atoms with Gasteiger partial charge in [0.15, 0.2) is 5.65 Å². The molecule has 0 saturated carbocycles. The number of fused-ring (bicyclic) bond motifs is 1. The third-order valence-corrected chi connectivity index (χ3v) is 4.90. The molecule has 4 rings (SSSR count). The van der Waals surface area contributed by atoms with Crippen LogP contribution in [0.2, 0.25) is 0 Å². The standard InChI is InChI=1S/C18H19N5O3S/c1-11-19-15-14(16(24)21-18(20-15)22-6-8-26-9-7-22)17(27)23(11)12-4-3-5-13(10-12)25-2/h3-5,10H,6-9H2,1-2H3,(H,20,21,24). The first-order chi connectivity index (χ1) is 13.1.